The van der Waals surface area contributed by atoms with Gasteiger partial charge in [0.2, 0.25) is 4.33 Å². The molecule has 7 heteroatoms. The minimum absolute atomic E-state index is 0. The molecule has 1 rings (SSSR count). The van der Waals surface area contributed by atoms with Crippen molar-refractivity contribution in [3.63, 3.8) is 0 Å². The molecule has 0 aliphatic heterocycles. The molecule has 0 saturated heterocycles. The third-order valence-corrected chi connectivity index (χ3v) is 1.46. The second-order valence-corrected chi connectivity index (χ2v) is 3.09. The molecule has 0 bridgehead atoms. The Morgan fingerprint density at radius 1 is 1.42 bits per heavy atom. The average molecular weight is 216 g/mol. The van der Waals surface area contributed by atoms with Gasteiger partial charge in [0.05, 0.1) is 0 Å². The molecule has 60 valence electrons. The molecule has 0 spiro atoms. The molecule has 0 fully saturated rings. The van der Waals surface area contributed by atoms with Gasteiger partial charge >= 0.3 is 29.6 Å². The topological polar surface area (TPSA) is 55.7 Å². The molecule has 0 aromatic carbocycles. The molecule has 1 aromatic heterocycles. The van der Waals surface area contributed by atoms with E-state index < -0.39 is 4.33 Å². The number of nitrogens with zero attached hydrogens (tertiary/aromatic N) is 3. The molecule has 0 aliphatic carbocycles. The van der Waals surface area contributed by atoms with Crippen LogP contribution in [0.5, 0.6) is 0 Å². The summed E-state index contributed by atoms with van der Waals surface area (Å²) in [5.74, 6) is 0.0332. The Morgan fingerprint density at radius 2 is 1.92 bits per heavy atom. The van der Waals surface area contributed by atoms with Crippen LogP contribution in [0, 0.1) is 0 Å². The molecule has 1 heterocycles. The van der Waals surface area contributed by atoms with Crippen molar-refractivity contribution < 1.29 is 35.8 Å². The number of rotatable bonds is 2. The summed E-state index contributed by atoms with van der Waals surface area (Å²) < 4.78 is -1.66. The fourth-order valence-electron chi connectivity index (χ4n) is 0.464. The van der Waals surface area contributed by atoms with Gasteiger partial charge < -0.3 is 1.43 Å². The van der Waals surface area contributed by atoms with E-state index in [4.69, 9.17) is 23.2 Å². The van der Waals surface area contributed by atoms with Crippen LogP contribution < -0.4 is 29.6 Å². The van der Waals surface area contributed by atoms with E-state index in [2.05, 4.69) is 15.0 Å². The summed E-state index contributed by atoms with van der Waals surface area (Å²) in [6, 6.07) is 0. The molecule has 0 aliphatic rings. The Hall–Kier alpha value is 0.260. The van der Waals surface area contributed by atoms with Gasteiger partial charge in [-0.25, -0.2) is 15.0 Å². The van der Waals surface area contributed by atoms with Crippen LogP contribution >= 0.6 is 23.2 Å². The van der Waals surface area contributed by atoms with Crippen molar-refractivity contribution in [1.82, 2.24) is 15.0 Å². The van der Waals surface area contributed by atoms with Crippen molar-refractivity contribution >= 4 is 29.5 Å². The van der Waals surface area contributed by atoms with Crippen molar-refractivity contribution in [3.8, 4) is 0 Å². The van der Waals surface area contributed by atoms with Gasteiger partial charge in [0, 0.05) is 0 Å². The first kappa shape index (κ1) is 12.3. The molecule has 4 nitrogen and oxygen atoms in total. The second-order valence-electron chi connectivity index (χ2n) is 1.70. The number of carbonyl (C=O) groups excluding carboxylic acids is 1. The zero-order valence-electron chi connectivity index (χ0n) is 7.24. The Morgan fingerprint density at radius 3 is 2.33 bits per heavy atom. The number of alkyl halides is 2. The van der Waals surface area contributed by atoms with Gasteiger partial charge in [-0.15, -0.1) is 0 Å². The largest absolute Gasteiger partial charge is 1.00 e. The van der Waals surface area contributed by atoms with Crippen LogP contribution in [-0.2, 0) is 9.13 Å². The van der Waals surface area contributed by atoms with E-state index in [-0.39, 0.29) is 36.8 Å². The zero-order chi connectivity index (χ0) is 8.32. The smallest absolute Gasteiger partial charge is 1.00 e. The molecule has 0 atom stereocenters. The summed E-state index contributed by atoms with van der Waals surface area (Å²) >= 11 is 11.0. The SMILES string of the molecule is O=CC(Cl)(Cl)c1ncncn1.[H-].[Na+]. The molecule has 0 amide bonds. The van der Waals surface area contributed by atoms with Crippen LogP contribution in [0.1, 0.15) is 7.25 Å². The van der Waals surface area contributed by atoms with Gasteiger partial charge in [-0.2, -0.15) is 0 Å². The Labute approximate surface area is 102 Å². The van der Waals surface area contributed by atoms with Crippen LogP contribution in [-0.4, -0.2) is 21.2 Å². The predicted molar refractivity (Wildman–Crippen MR) is 40.4 cm³/mol. The monoisotopic (exact) mass is 215 g/mol. The average Bonchev–Trinajstić information content (AvgIpc) is 2.06. The number of carbonyl (C=O) groups is 1. The summed E-state index contributed by atoms with van der Waals surface area (Å²) in [7, 11) is 0. The molecule has 0 radical (unpaired) electrons. The third-order valence-electron chi connectivity index (χ3n) is 0.940. The van der Waals surface area contributed by atoms with Gasteiger partial charge in [0.25, 0.3) is 0 Å². The van der Waals surface area contributed by atoms with Crippen molar-refractivity contribution in [2.24, 2.45) is 0 Å². The molecular formula is C5H4Cl2N3NaO. The van der Waals surface area contributed by atoms with E-state index in [1.54, 1.807) is 0 Å². The number of hydrogen-bond acceptors (Lipinski definition) is 4. The minimum atomic E-state index is -1.66. The van der Waals surface area contributed by atoms with Gasteiger partial charge in [0.1, 0.15) is 12.7 Å². The van der Waals surface area contributed by atoms with Crippen molar-refractivity contribution in [3.05, 3.63) is 18.5 Å². The van der Waals surface area contributed by atoms with E-state index in [9.17, 15) is 4.79 Å². The number of halogens is 2. The summed E-state index contributed by atoms with van der Waals surface area (Å²) in [6.07, 6.45) is 2.78. The number of aromatic nitrogens is 3. The summed E-state index contributed by atoms with van der Waals surface area (Å²) in [4.78, 5) is 21.0. The van der Waals surface area contributed by atoms with E-state index in [1.807, 2.05) is 0 Å². The van der Waals surface area contributed by atoms with E-state index in [0.717, 1.165) is 0 Å². The normalized spacial score (nSPS) is 10.2. The van der Waals surface area contributed by atoms with E-state index >= 15 is 0 Å². The van der Waals surface area contributed by atoms with E-state index in [0.29, 0.717) is 6.29 Å². The maximum Gasteiger partial charge on any atom is 1.00 e. The fourth-order valence-corrected chi connectivity index (χ4v) is 0.659. The molecular weight excluding hydrogens is 212 g/mol. The predicted octanol–water partition coefficient (Wildman–Crippen LogP) is -2.18. The first-order valence-corrected chi connectivity index (χ1v) is 3.39. The maximum absolute atomic E-state index is 10.3. The summed E-state index contributed by atoms with van der Waals surface area (Å²) in [5, 5.41) is 0. The molecule has 0 N–H and O–H groups in total. The standard InChI is InChI=1S/C5H3Cl2N3O.Na.H/c6-5(7,1-11)4-9-2-8-3-10-4;;/h1-3H;;/q;+1;-1. The minimum Gasteiger partial charge on any atom is -1.00 e. The van der Waals surface area contributed by atoms with Crippen LogP contribution in [0.2, 0.25) is 0 Å². The number of hydrogen-bond donors (Lipinski definition) is 0. The van der Waals surface area contributed by atoms with Crippen molar-refractivity contribution in [1.29, 1.82) is 0 Å². The van der Waals surface area contributed by atoms with Crippen LogP contribution in [0.15, 0.2) is 12.7 Å². The first-order chi connectivity index (χ1) is 5.17. The van der Waals surface area contributed by atoms with Crippen LogP contribution in [0.3, 0.4) is 0 Å². The van der Waals surface area contributed by atoms with Gasteiger partial charge in [-0.05, 0) is 0 Å². The van der Waals surface area contributed by atoms with E-state index in [1.165, 1.54) is 12.7 Å². The van der Waals surface area contributed by atoms with Crippen molar-refractivity contribution in [2.45, 2.75) is 4.33 Å². The van der Waals surface area contributed by atoms with Crippen molar-refractivity contribution in [2.75, 3.05) is 0 Å². The zero-order valence-corrected chi connectivity index (χ0v) is 9.75. The summed E-state index contributed by atoms with van der Waals surface area (Å²) in [5.41, 5.74) is 0. The quantitative estimate of drug-likeness (QED) is 0.320. The van der Waals surface area contributed by atoms with Gasteiger partial charge in [-0.3, -0.25) is 4.79 Å². The fraction of sp³-hybridized carbons (Fsp3) is 0.200. The first-order valence-electron chi connectivity index (χ1n) is 2.63. The Balaban J connectivity index is 0. The van der Waals surface area contributed by atoms with Crippen LogP contribution in [0.25, 0.3) is 0 Å². The molecule has 0 saturated carbocycles. The Kier molecular flexibility index (Phi) is 5.20. The second kappa shape index (κ2) is 5.09. The Bertz CT molecular complexity index is 261. The van der Waals surface area contributed by atoms with Crippen LogP contribution in [0.4, 0.5) is 0 Å². The molecule has 12 heavy (non-hydrogen) atoms. The van der Waals surface area contributed by atoms with Gasteiger partial charge in [-0.1, -0.05) is 23.2 Å². The third kappa shape index (κ3) is 2.95. The maximum atomic E-state index is 10.3. The molecule has 1 aromatic rings. The summed E-state index contributed by atoms with van der Waals surface area (Å²) in [6.45, 7) is 0. The van der Waals surface area contributed by atoms with Gasteiger partial charge in [0.15, 0.2) is 12.1 Å². The molecule has 0 unspecified atom stereocenters. The number of aldehydes is 1.